The van der Waals surface area contributed by atoms with Gasteiger partial charge in [0.1, 0.15) is 11.6 Å². The van der Waals surface area contributed by atoms with Crippen molar-refractivity contribution >= 4 is 23.2 Å². The van der Waals surface area contributed by atoms with Crippen molar-refractivity contribution < 1.29 is 9.18 Å². The standard InChI is InChI=1S/C32H31FN4OS/c1-19-12-21(18-39-24-9-7-22(33)8-10-24)20(2)25(13-19)29-26(16-34)31(35)37(23-6-5-11-36-17-23)27-14-32(3,4)15-28(38)30(27)29/h5-13,17,29H,14-15,18,35H2,1-4H3. The van der Waals surface area contributed by atoms with E-state index in [4.69, 9.17) is 5.73 Å². The Morgan fingerprint density at radius 2 is 1.92 bits per heavy atom. The largest absolute Gasteiger partial charge is 0.384 e. The first-order valence-corrected chi connectivity index (χ1v) is 13.9. The number of allylic oxidation sites excluding steroid dienone is 3. The zero-order chi connectivity index (χ0) is 27.9. The van der Waals surface area contributed by atoms with Crippen LogP contribution < -0.4 is 10.6 Å². The molecule has 1 atom stereocenters. The van der Waals surface area contributed by atoms with E-state index in [9.17, 15) is 14.4 Å². The molecule has 0 saturated heterocycles. The van der Waals surface area contributed by atoms with Gasteiger partial charge in [-0.25, -0.2) is 4.39 Å². The molecular weight excluding hydrogens is 507 g/mol. The van der Waals surface area contributed by atoms with Crippen molar-refractivity contribution in [1.29, 1.82) is 5.26 Å². The van der Waals surface area contributed by atoms with E-state index in [1.54, 1.807) is 36.3 Å². The lowest BCUT2D eigenvalue weighted by atomic mass is 9.68. The number of nitrogens with zero attached hydrogens (tertiary/aromatic N) is 3. The summed E-state index contributed by atoms with van der Waals surface area (Å²) in [4.78, 5) is 21.0. The van der Waals surface area contributed by atoms with Crippen molar-refractivity contribution in [1.82, 2.24) is 4.98 Å². The summed E-state index contributed by atoms with van der Waals surface area (Å²) in [6, 6.07) is 16.8. The van der Waals surface area contributed by atoms with Gasteiger partial charge in [0.05, 0.1) is 29.4 Å². The Balaban J connectivity index is 1.66. The van der Waals surface area contributed by atoms with Crippen LogP contribution in [0.15, 0.2) is 88.5 Å². The third kappa shape index (κ3) is 5.09. The summed E-state index contributed by atoms with van der Waals surface area (Å²) >= 11 is 1.63. The highest BCUT2D eigenvalue weighted by Crippen LogP contribution is 2.51. The summed E-state index contributed by atoms with van der Waals surface area (Å²) in [6.45, 7) is 8.26. The monoisotopic (exact) mass is 538 g/mol. The van der Waals surface area contributed by atoms with Crippen LogP contribution in [-0.2, 0) is 10.5 Å². The van der Waals surface area contributed by atoms with E-state index < -0.39 is 5.92 Å². The van der Waals surface area contributed by atoms with E-state index in [-0.39, 0.29) is 17.0 Å². The fourth-order valence-corrected chi connectivity index (χ4v) is 6.66. The third-order valence-electron chi connectivity index (χ3n) is 7.50. The number of hydrogen-bond donors (Lipinski definition) is 1. The maximum Gasteiger partial charge on any atom is 0.162 e. The number of carbonyl (C=O) groups excluding carboxylic acids is 1. The van der Waals surface area contributed by atoms with Gasteiger partial charge in [-0.2, -0.15) is 5.26 Å². The van der Waals surface area contributed by atoms with Gasteiger partial charge in [0.15, 0.2) is 5.78 Å². The van der Waals surface area contributed by atoms with E-state index >= 15 is 0 Å². The van der Waals surface area contributed by atoms with Crippen molar-refractivity contribution in [2.24, 2.45) is 11.1 Å². The van der Waals surface area contributed by atoms with E-state index in [1.807, 2.05) is 30.9 Å². The average molecular weight is 539 g/mol. The zero-order valence-electron chi connectivity index (χ0n) is 22.6. The molecule has 0 amide bonds. The Morgan fingerprint density at radius 3 is 2.59 bits per heavy atom. The summed E-state index contributed by atoms with van der Waals surface area (Å²) < 4.78 is 13.4. The number of carbonyl (C=O) groups is 1. The van der Waals surface area contributed by atoms with Crippen LogP contribution in [0.3, 0.4) is 0 Å². The van der Waals surface area contributed by atoms with E-state index in [1.165, 1.54) is 12.1 Å². The Hall–Kier alpha value is -3.89. The molecule has 1 unspecified atom stereocenters. The minimum Gasteiger partial charge on any atom is -0.384 e. The molecule has 2 aromatic carbocycles. The van der Waals surface area contributed by atoms with E-state index in [2.05, 4.69) is 37.0 Å². The molecule has 7 heteroatoms. The van der Waals surface area contributed by atoms with Gasteiger partial charge in [-0.15, -0.1) is 11.8 Å². The fourth-order valence-electron chi connectivity index (χ4n) is 5.71. The fraction of sp³-hybridized carbons (Fsp3) is 0.281. The number of Topliss-reactive ketones (excluding diaryl/α,β-unsaturated/α-hetero) is 1. The summed E-state index contributed by atoms with van der Waals surface area (Å²) in [5, 5.41) is 10.4. The predicted molar refractivity (Wildman–Crippen MR) is 153 cm³/mol. The number of nitriles is 1. The average Bonchev–Trinajstić information content (AvgIpc) is 2.89. The molecule has 1 aliphatic carbocycles. The number of hydrogen-bond acceptors (Lipinski definition) is 6. The third-order valence-corrected chi connectivity index (χ3v) is 8.56. The number of aromatic nitrogens is 1. The number of pyridine rings is 1. The molecule has 198 valence electrons. The number of halogens is 1. The Bertz CT molecular complexity index is 1550. The van der Waals surface area contributed by atoms with Gasteiger partial charge in [-0.3, -0.25) is 14.7 Å². The Labute approximate surface area is 233 Å². The molecule has 3 aromatic rings. The predicted octanol–water partition coefficient (Wildman–Crippen LogP) is 7.07. The first kappa shape index (κ1) is 26.7. The molecular formula is C32H31FN4OS. The van der Waals surface area contributed by atoms with Crippen LogP contribution in [0.25, 0.3) is 0 Å². The van der Waals surface area contributed by atoms with Crippen LogP contribution in [-0.4, -0.2) is 10.8 Å². The van der Waals surface area contributed by atoms with Crippen LogP contribution in [0.4, 0.5) is 10.1 Å². The van der Waals surface area contributed by atoms with Gasteiger partial charge in [0.25, 0.3) is 0 Å². The summed E-state index contributed by atoms with van der Waals surface area (Å²) in [5.74, 6) is 0.250. The van der Waals surface area contributed by atoms with Crippen molar-refractivity contribution in [2.75, 3.05) is 4.90 Å². The first-order chi connectivity index (χ1) is 18.6. The second-order valence-electron chi connectivity index (χ2n) is 11.1. The highest BCUT2D eigenvalue weighted by atomic mass is 32.2. The van der Waals surface area contributed by atoms with Crippen molar-refractivity contribution in [2.45, 2.75) is 57.1 Å². The molecule has 0 radical (unpaired) electrons. The number of thioether (sulfide) groups is 1. The number of aryl methyl sites for hydroxylation is 1. The number of anilines is 1. The zero-order valence-corrected chi connectivity index (χ0v) is 23.4. The van der Waals surface area contributed by atoms with E-state index in [0.717, 1.165) is 38.5 Å². The van der Waals surface area contributed by atoms with Crippen LogP contribution >= 0.6 is 11.8 Å². The van der Waals surface area contributed by atoms with Gasteiger partial charge in [0, 0.05) is 34.5 Å². The van der Waals surface area contributed by atoms with Crippen molar-refractivity contribution in [3.8, 4) is 6.07 Å². The SMILES string of the molecule is Cc1cc(CSc2ccc(F)cc2)c(C)c(C2C(C#N)=C(N)N(c3cccnc3)C3=C2C(=O)CC(C)(C)C3)c1. The number of rotatable bonds is 5. The number of benzene rings is 2. The lowest BCUT2D eigenvalue weighted by Crippen LogP contribution is -2.42. The van der Waals surface area contributed by atoms with E-state index in [0.29, 0.717) is 35.6 Å². The molecule has 0 spiro atoms. The molecule has 39 heavy (non-hydrogen) atoms. The molecule has 0 saturated carbocycles. The Morgan fingerprint density at radius 1 is 1.18 bits per heavy atom. The molecule has 2 heterocycles. The molecule has 5 nitrogen and oxygen atoms in total. The summed E-state index contributed by atoms with van der Waals surface area (Å²) in [7, 11) is 0. The molecule has 1 aromatic heterocycles. The molecule has 5 rings (SSSR count). The van der Waals surface area contributed by atoms with Crippen molar-refractivity contribution in [3.63, 3.8) is 0 Å². The van der Waals surface area contributed by atoms with Gasteiger partial charge in [-0.1, -0.05) is 31.5 Å². The highest BCUT2D eigenvalue weighted by molar-refractivity contribution is 7.98. The molecule has 1 aliphatic heterocycles. The van der Waals surface area contributed by atoms with Gasteiger partial charge in [-0.05, 0) is 78.8 Å². The maximum atomic E-state index is 13.9. The summed E-state index contributed by atoms with van der Waals surface area (Å²) in [6.07, 6.45) is 4.45. The van der Waals surface area contributed by atoms with Gasteiger partial charge < -0.3 is 5.73 Å². The highest BCUT2D eigenvalue weighted by Gasteiger charge is 2.45. The number of ketones is 1. The molecule has 0 bridgehead atoms. The minimum absolute atomic E-state index is 0.0449. The van der Waals surface area contributed by atoms with Crippen LogP contribution in [0.1, 0.15) is 54.9 Å². The smallest absolute Gasteiger partial charge is 0.162 e. The van der Waals surface area contributed by atoms with Crippen LogP contribution in [0.5, 0.6) is 0 Å². The van der Waals surface area contributed by atoms with Crippen molar-refractivity contribution in [3.05, 3.63) is 112 Å². The molecule has 2 N–H and O–H groups in total. The number of nitrogens with two attached hydrogens (primary N) is 1. The maximum absolute atomic E-state index is 13.9. The minimum atomic E-state index is -0.545. The van der Waals surface area contributed by atoms with Crippen LogP contribution in [0, 0.1) is 36.4 Å². The molecule has 2 aliphatic rings. The quantitative estimate of drug-likeness (QED) is 0.350. The topological polar surface area (TPSA) is 83.0 Å². The van der Waals surface area contributed by atoms with Gasteiger partial charge >= 0.3 is 0 Å². The second-order valence-corrected chi connectivity index (χ2v) is 12.1. The van der Waals surface area contributed by atoms with Gasteiger partial charge in [0.2, 0.25) is 0 Å². The summed E-state index contributed by atoms with van der Waals surface area (Å²) in [5.41, 5.74) is 13.2. The molecule has 0 fully saturated rings. The lowest BCUT2D eigenvalue weighted by molar-refractivity contribution is -0.118. The lowest BCUT2D eigenvalue weighted by Gasteiger charge is -2.44. The normalized spacial score (nSPS) is 18.7. The van der Waals surface area contributed by atoms with Crippen LogP contribution in [0.2, 0.25) is 0 Å². The first-order valence-electron chi connectivity index (χ1n) is 12.9. The second kappa shape index (κ2) is 10.3. The Kier molecular flexibility index (Phi) is 7.09.